The molecule has 2 amide bonds. The Morgan fingerprint density at radius 3 is 2.58 bits per heavy atom. The molecule has 1 fully saturated rings. The Kier molecular flexibility index (Phi) is 5.15. The van der Waals surface area contributed by atoms with Crippen LogP contribution in [0, 0.1) is 0 Å². The molecule has 6 nitrogen and oxygen atoms in total. The molecule has 0 aliphatic carbocycles. The second kappa shape index (κ2) is 7.68. The topological polar surface area (TPSA) is 57.7 Å². The molecule has 0 unspecified atom stereocenters. The van der Waals surface area contributed by atoms with Crippen molar-refractivity contribution in [3.8, 4) is 5.88 Å². The molecule has 126 valence electrons. The van der Waals surface area contributed by atoms with Crippen LogP contribution in [0.1, 0.15) is 5.56 Å². The fourth-order valence-electron chi connectivity index (χ4n) is 2.83. The van der Waals surface area contributed by atoms with Crippen molar-refractivity contribution in [2.45, 2.75) is 6.54 Å². The minimum Gasteiger partial charge on any atom is -0.481 e. The number of urea groups is 1. The summed E-state index contributed by atoms with van der Waals surface area (Å²) in [5, 5.41) is 2.95. The summed E-state index contributed by atoms with van der Waals surface area (Å²) in [4.78, 5) is 20.6. The van der Waals surface area contributed by atoms with Gasteiger partial charge in [0.2, 0.25) is 5.88 Å². The molecule has 1 N–H and O–H groups in total. The van der Waals surface area contributed by atoms with E-state index in [0.29, 0.717) is 25.5 Å². The number of pyridine rings is 1. The summed E-state index contributed by atoms with van der Waals surface area (Å²) in [5.74, 6) is 0.548. The van der Waals surface area contributed by atoms with Crippen LogP contribution in [-0.4, -0.2) is 49.2 Å². The van der Waals surface area contributed by atoms with Crippen LogP contribution in [0.15, 0.2) is 48.7 Å². The molecular weight excluding hydrogens is 304 g/mol. The molecule has 6 heteroatoms. The summed E-state index contributed by atoms with van der Waals surface area (Å²) in [5.41, 5.74) is 2.08. The van der Waals surface area contributed by atoms with Crippen molar-refractivity contribution >= 4 is 11.7 Å². The number of anilines is 1. The maximum absolute atomic E-state index is 12.3. The second-order valence-corrected chi connectivity index (χ2v) is 5.64. The number of hydrogen-bond donors (Lipinski definition) is 1. The summed E-state index contributed by atoms with van der Waals surface area (Å²) < 4.78 is 5.20. The van der Waals surface area contributed by atoms with Gasteiger partial charge in [0.25, 0.3) is 0 Å². The van der Waals surface area contributed by atoms with Gasteiger partial charge in [-0.3, -0.25) is 0 Å². The molecule has 24 heavy (non-hydrogen) atoms. The standard InChI is InChI=1S/C18H22N4O2/c1-24-17-15(6-5-9-19-17)14-20-18(23)22-12-10-21(11-13-22)16-7-3-2-4-8-16/h2-9H,10-14H2,1H3,(H,20,23). The lowest BCUT2D eigenvalue weighted by Crippen LogP contribution is -2.51. The van der Waals surface area contributed by atoms with Crippen LogP contribution >= 0.6 is 0 Å². The summed E-state index contributed by atoms with van der Waals surface area (Å²) in [6.07, 6.45) is 1.67. The average molecular weight is 326 g/mol. The number of methoxy groups -OCH3 is 1. The smallest absolute Gasteiger partial charge is 0.317 e. The Labute approximate surface area is 142 Å². The monoisotopic (exact) mass is 326 g/mol. The van der Waals surface area contributed by atoms with E-state index in [9.17, 15) is 4.79 Å². The lowest BCUT2D eigenvalue weighted by atomic mass is 10.2. The first-order chi connectivity index (χ1) is 11.8. The average Bonchev–Trinajstić information content (AvgIpc) is 2.67. The quantitative estimate of drug-likeness (QED) is 0.935. The molecule has 1 aliphatic heterocycles. The number of para-hydroxylation sites is 1. The van der Waals surface area contributed by atoms with Crippen molar-refractivity contribution < 1.29 is 9.53 Å². The molecule has 2 heterocycles. The Hall–Kier alpha value is -2.76. The third-order valence-corrected chi connectivity index (χ3v) is 4.16. The number of aromatic nitrogens is 1. The largest absolute Gasteiger partial charge is 0.481 e. The van der Waals surface area contributed by atoms with Crippen molar-refractivity contribution in [2.24, 2.45) is 0 Å². The van der Waals surface area contributed by atoms with E-state index in [1.807, 2.05) is 35.2 Å². The number of ether oxygens (including phenoxy) is 1. The highest BCUT2D eigenvalue weighted by Gasteiger charge is 2.21. The van der Waals surface area contributed by atoms with E-state index < -0.39 is 0 Å². The number of nitrogens with zero attached hydrogens (tertiary/aromatic N) is 3. The Morgan fingerprint density at radius 1 is 1.12 bits per heavy atom. The van der Waals surface area contributed by atoms with Gasteiger partial charge < -0.3 is 19.9 Å². The van der Waals surface area contributed by atoms with Crippen molar-refractivity contribution in [1.82, 2.24) is 15.2 Å². The highest BCUT2D eigenvalue weighted by atomic mass is 16.5. The molecule has 0 radical (unpaired) electrons. The van der Waals surface area contributed by atoms with Crippen LogP contribution in [0.2, 0.25) is 0 Å². The lowest BCUT2D eigenvalue weighted by molar-refractivity contribution is 0.194. The maximum atomic E-state index is 12.3. The fourth-order valence-corrected chi connectivity index (χ4v) is 2.83. The van der Waals surface area contributed by atoms with Gasteiger partial charge in [-0.2, -0.15) is 0 Å². The first-order valence-corrected chi connectivity index (χ1v) is 8.08. The van der Waals surface area contributed by atoms with Crippen molar-refractivity contribution in [2.75, 3.05) is 38.2 Å². The van der Waals surface area contributed by atoms with E-state index in [-0.39, 0.29) is 6.03 Å². The van der Waals surface area contributed by atoms with Gasteiger partial charge in [-0.05, 0) is 18.2 Å². The van der Waals surface area contributed by atoms with E-state index in [1.165, 1.54) is 5.69 Å². The molecule has 2 aromatic rings. The van der Waals surface area contributed by atoms with Crippen molar-refractivity contribution in [1.29, 1.82) is 0 Å². The van der Waals surface area contributed by atoms with Crippen LogP contribution in [0.25, 0.3) is 0 Å². The van der Waals surface area contributed by atoms with E-state index in [1.54, 1.807) is 13.3 Å². The van der Waals surface area contributed by atoms with E-state index >= 15 is 0 Å². The van der Waals surface area contributed by atoms with E-state index in [0.717, 1.165) is 18.7 Å². The molecule has 0 bridgehead atoms. The summed E-state index contributed by atoms with van der Waals surface area (Å²) in [6, 6.07) is 14.0. The van der Waals surface area contributed by atoms with Gasteiger partial charge >= 0.3 is 6.03 Å². The number of carbonyl (C=O) groups excluding carboxylic acids is 1. The number of nitrogens with one attached hydrogen (secondary N) is 1. The van der Waals surface area contributed by atoms with Crippen molar-refractivity contribution in [3.63, 3.8) is 0 Å². The number of carbonyl (C=O) groups is 1. The zero-order valence-electron chi connectivity index (χ0n) is 13.8. The molecule has 1 aliphatic rings. The molecule has 1 aromatic heterocycles. The van der Waals surface area contributed by atoms with Crippen LogP contribution < -0.4 is 15.0 Å². The predicted molar refractivity (Wildman–Crippen MR) is 93.3 cm³/mol. The van der Waals surface area contributed by atoms with Gasteiger partial charge in [0.1, 0.15) is 0 Å². The molecule has 0 spiro atoms. The highest BCUT2D eigenvalue weighted by Crippen LogP contribution is 2.16. The SMILES string of the molecule is COc1ncccc1CNC(=O)N1CCN(c2ccccc2)CC1. The van der Waals surface area contributed by atoms with Crippen LogP contribution in [0.5, 0.6) is 5.88 Å². The zero-order chi connectivity index (χ0) is 16.8. The van der Waals surface area contributed by atoms with E-state index in [4.69, 9.17) is 4.74 Å². The Bertz CT molecular complexity index is 670. The van der Waals surface area contributed by atoms with Crippen LogP contribution in [0.4, 0.5) is 10.5 Å². The second-order valence-electron chi connectivity index (χ2n) is 5.64. The molecule has 0 atom stereocenters. The maximum Gasteiger partial charge on any atom is 0.317 e. The number of benzene rings is 1. The van der Waals surface area contributed by atoms with Gasteiger partial charge in [0.15, 0.2) is 0 Å². The van der Waals surface area contributed by atoms with Gasteiger partial charge in [-0.1, -0.05) is 24.3 Å². The molecular formula is C18H22N4O2. The summed E-state index contributed by atoms with van der Waals surface area (Å²) in [6.45, 7) is 3.52. The van der Waals surface area contributed by atoms with Gasteiger partial charge in [-0.25, -0.2) is 9.78 Å². The fraction of sp³-hybridized carbons (Fsp3) is 0.333. The Balaban J connectivity index is 1.50. The van der Waals surface area contributed by atoms with Crippen LogP contribution in [-0.2, 0) is 6.54 Å². The summed E-state index contributed by atoms with van der Waals surface area (Å²) >= 11 is 0. The predicted octanol–water partition coefficient (Wildman–Crippen LogP) is 2.12. The molecule has 1 aromatic carbocycles. The van der Waals surface area contributed by atoms with Crippen molar-refractivity contribution in [3.05, 3.63) is 54.2 Å². The number of hydrogen-bond acceptors (Lipinski definition) is 4. The van der Waals surface area contributed by atoms with Crippen LogP contribution in [0.3, 0.4) is 0 Å². The minimum absolute atomic E-state index is 0.0476. The zero-order valence-corrected chi connectivity index (χ0v) is 13.8. The Morgan fingerprint density at radius 2 is 1.88 bits per heavy atom. The van der Waals surface area contributed by atoms with E-state index in [2.05, 4.69) is 27.3 Å². The number of amides is 2. The first kappa shape index (κ1) is 16.1. The highest BCUT2D eigenvalue weighted by molar-refractivity contribution is 5.74. The first-order valence-electron chi connectivity index (χ1n) is 8.08. The third-order valence-electron chi connectivity index (χ3n) is 4.16. The van der Waals surface area contributed by atoms with Gasteiger partial charge in [-0.15, -0.1) is 0 Å². The van der Waals surface area contributed by atoms with Gasteiger partial charge in [0, 0.05) is 50.2 Å². The number of rotatable bonds is 4. The molecule has 1 saturated heterocycles. The molecule has 3 rings (SSSR count). The molecule has 0 saturated carbocycles. The van der Waals surface area contributed by atoms with Gasteiger partial charge in [0.05, 0.1) is 7.11 Å². The summed E-state index contributed by atoms with van der Waals surface area (Å²) in [7, 11) is 1.58. The minimum atomic E-state index is -0.0476. The lowest BCUT2D eigenvalue weighted by Gasteiger charge is -2.36. The normalized spacial score (nSPS) is 14.4. The third kappa shape index (κ3) is 3.76. The number of piperazine rings is 1.